The van der Waals surface area contributed by atoms with Gasteiger partial charge >= 0.3 is 0 Å². The molecule has 1 aliphatic heterocycles. The minimum atomic E-state index is -3.09. The van der Waals surface area contributed by atoms with Gasteiger partial charge in [-0.05, 0) is 85.3 Å². The van der Waals surface area contributed by atoms with Crippen molar-refractivity contribution in [1.82, 2.24) is 4.31 Å². The molecule has 1 unspecified atom stereocenters. The van der Waals surface area contributed by atoms with Crippen molar-refractivity contribution in [2.45, 2.75) is 58.3 Å². The molecule has 5 heteroatoms. The monoisotopic (exact) mass is 421 g/mol. The molecule has 1 aliphatic carbocycles. The molecule has 2 aliphatic rings. The molecule has 1 heterocycles. The average Bonchev–Trinajstić information content (AvgIpc) is 2.81. The summed E-state index contributed by atoms with van der Waals surface area (Å²) in [5.74, 6) is 0.905. The van der Waals surface area contributed by atoms with E-state index in [1.807, 2.05) is 6.07 Å². The van der Waals surface area contributed by atoms with Gasteiger partial charge in [0.05, 0.1) is 6.26 Å². The molecule has 0 N–H and O–H groups in total. The van der Waals surface area contributed by atoms with Crippen molar-refractivity contribution in [2.24, 2.45) is 5.92 Å². The molecule has 1 saturated heterocycles. The molecule has 3 nitrogen and oxygen atoms in total. The van der Waals surface area contributed by atoms with Gasteiger partial charge in [0.2, 0.25) is 10.0 Å². The Morgan fingerprint density at radius 3 is 2.57 bits per heavy atom. The number of allylic oxidation sites excluding steroid dienone is 3. The fourth-order valence-corrected chi connectivity index (χ4v) is 5.75. The first-order valence-corrected chi connectivity index (χ1v) is 12.7. The van der Waals surface area contributed by atoms with E-state index in [1.54, 1.807) is 4.31 Å². The number of halogens is 1. The zero-order valence-corrected chi connectivity index (χ0v) is 18.8. The highest BCUT2D eigenvalue weighted by Crippen LogP contribution is 2.44. The van der Waals surface area contributed by atoms with Crippen molar-refractivity contribution >= 4 is 27.7 Å². The molecule has 0 saturated carbocycles. The third-order valence-electron chi connectivity index (χ3n) is 6.32. The van der Waals surface area contributed by atoms with E-state index in [0.29, 0.717) is 24.9 Å². The number of nitrogens with zero attached hydrogens (tertiary/aromatic N) is 1. The zero-order valence-electron chi connectivity index (χ0n) is 17.2. The first-order valence-electron chi connectivity index (χ1n) is 10.4. The maximum Gasteiger partial charge on any atom is 0.211 e. The second-order valence-corrected chi connectivity index (χ2v) is 10.6. The number of hydrogen-bond donors (Lipinski definition) is 0. The summed E-state index contributed by atoms with van der Waals surface area (Å²) in [6.07, 6.45) is 12.3. The maximum atomic E-state index is 11.9. The quantitative estimate of drug-likeness (QED) is 0.582. The van der Waals surface area contributed by atoms with Gasteiger partial charge in [-0.3, -0.25) is 0 Å². The molecule has 3 rings (SSSR count). The van der Waals surface area contributed by atoms with E-state index in [4.69, 9.17) is 11.6 Å². The molecular formula is C23H32ClNO2S. The summed E-state index contributed by atoms with van der Waals surface area (Å²) in [5.41, 5.74) is 5.49. The molecule has 0 spiro atoms. The molecule has 0 bridgehead atoms. The Hall–Kier alpha value is -1.10. The van der Waals surface area contributed by atoms with Gasteiger partial charge in [-0.15, -0.1) is 0 Å². The minimum Gasteiger partial charge on any atom is -0.213 e. The Labute approximate surface area is 175 Å². The Bertz CT molecular complexity index is 865. The molecule has 0 amide bonds. The van der Waals surface area contributed by atoms with E-state index in [-0.39, 0.29) is 0 Å². The third-order valence-corrected chi connectivity index (χ3v) is 7.85. The number of rotatable bonds is 5. The van der Waals surface area contributed by atoms with Crippen molar-refractivity contribution < 1.29 is 8.42 Å². The number of benzene rings is 1. The molecule has 1 aromatic carbocycles. The Morgan fingerprint density at radius 2 is 1.96 bits per heavy atom. The van der Waals surface area contributed by atoms with Crippen LogP contribution in [0.1, 0.15) is 69.4 Å². The van der Waals surface area contributed by atoms with Gasteiger partial charge < -0.3 is 0 Å². The van der Waals surface area contributed by atoms with E-state index >= 15 is 0 Å². The highest BCUT2D eigenvalue weighted by atomic mass is 35.5. The summed E-state index contributed by atoms with van der Waals surface area (Å²) in [5, 5.41) is 0.777. The largest absolute Gasteiger partial charge is 0.213 e. The predicted molar refractivity (Wildman–Crippen MR) is 119 cm³/mol. The highest BCUT2D eigenvalue weighted by Gasteiger charge is 2.33. The summed E-state index contributed by atoms with van der Waals surface area (Å²) in [7, 11) is -3.09. The fraction of sp³-hybridized carbons (Fsp3) is 0.565. The van der Waals surface area contributed by atoms with E-state index < -0.39 is 10.0 Å². The Kier molecular flexibility index (Phi) is 7.06. The fourth-order valence-electron chi connectivity index (χ4n) is 4.70. The Balaban J connectivity index is 1.92. The molecule has 154 valence electrons. The van der Waals surface area contributed by atoms with Crippen LogP contribution in [0.15, 0.2) is 35.4 Å². The van der Waals surface area contributed by atoms with Crippen LogP contribution in [-0.2, 0) is 10.0 Å². The second-order valence-electron chi connectivity index (χ2n) is 8.17. The van der Waals surface area contributed by atoms with Gasteiger partial charge in [0, 0.05) is 18.1 Å². The molecule has 0 aromatic heterocycles. The van der Waals surface area contributed by atoms with Crippen molar-refractivity contribution in [3.8, 4) is 0 Å². The van der Waals surface area contributed by atoms with Crippen molar-refractivity contribution in [2.75, 3.05) is 19.3 Å². The maximum absolute atomic E-state index is 11.9. The number of hydrogen-bond acceptors (Lipinski definition) is 2. The van der Waals surface area contributed by atoms with Gasteiger partial charge in [0.15, 0.2) is 0 Å². The molecule has 28 heavy (non-hydrogen) atoms. The summed E-state index contributed by atoms with van der Waals surface area (Å²) in [6, 6.07) is 6.29. The van der Waals surface area contributed by atoms with Crippen LogP contribution < -0.4 is 0 Å². The molecule has 1 atom stereocenters. The van der Waals surface area contributed by atoms with Crippen LogP contribution in [0, 0.1) is 5.92 Å². The summed E-state index contributed by atoms with van der Waals surface area (Å²) < 4.78 is 25.4. The lowest BCUT2D eigenvalue weighted by molar-refractivity contribution is 0.243. The smallest absolute Gasteiger partial charge is 0.211 e. The second kappa shape index (κ2) is 9.15. The van der Waals surface area contributed by atoms with E-state index in [0.717, 1.165) is 30.7 Å². The van der Waals surface area contributed by atoms with Crippen LogP contribution in [0.3, 0.4) is 0 Å². The van der Waals surface area contributed by atoms with Gasteiger partial charge in [-0.1, -0.05) is 43.2 Å². The predicted octanol–water partition coefficient (Wildman–Crippen LogP) is 6.02. The molecular weight excluding hydrogens is 390 g/mol. The Morgan fingerprint density at radius 1 is 1.25 bits per heavy atom. The molecule has 1 aromatic rings. The lowest BCUT2D eigenvalue weighted by Crippen LogP contribution is -2.39. The number of piperidine rings is 1. The van der Waals surface area contributed by atoms with Crippen LogP contribution >= 0.6 is 11.6 Å². The van der Waals surface area contributed by atoms with Crippen LogP contribution in [0.5, 0.6) is 0 Å². The van der Waals surface area contributed by atoms with Gasteiger partial charge in [-0.25, -0.2) is 12.7 Å². The third kappa shape index (κ3) is 4.90. The van der Waals surface area contributed by atoms with E-state index in [1.165, 1.54) is 41.4 Å². The number of fused-ring (bicyclic) bond motifs is 1. The summed E-state index contributed by atoms with van der Waals surface area (Å²) >= 11 is 6.34. The summed E-state index contributed by atoms with van der Waals surface area (Å²) in [6.45, 7) is 5.63. The van der Waals surface area contributed by atoms with Gasteiger partial charge in [0.25, 0.3) is 0 Å². The standard InChI is InChI=1S/C23H32ClNO2S/c1-4-6-7-19-14-20-15-21(24)8-9-22(20)23(16-17(19)5-2)18-10-12-25(13-11-18)28(3,26)27/h5,8-9,14-15,18,23H,4,6-7,10-13,16H2,1-3H3/b17-5+. The SMILES string of the molecule is C/C=C1\CC(C2CCN(S(C)(=O)=O)CC2)c2ccc(Cl)cc2C=C1CCCC. The van der Waals surface area contributed by atoms with Crippen molar-refractivity contribution in [1.29, 1.82) is 0 Å². The first-order chi connectivity index (χ1) is 13.3. The van der Waals surface area contributed by atoms with Gasteiger partial charge in [-0.2, -0.15) is 0 Å². The molecule has 1 fully saturated rings. The minimum absolute atomic E-state index is 0.413. The first kappa shape index (κ1) is 21.6. The van der Waals surface area contributed by atoms with E-state index in [9.17, 15) is 8.42 Å². The zero-order chi connectivity index (χ0) is 20.3. The lowest BCUT2D eigenvalue weighted by atomic mass is 9.76. The average molecular weight is 422 g/mol. The van der Waals surface area contributed by atoms with Crippen molar-refractivity contribution in [3.05, 3.63) is 51.6 Å². The summed E-state index contributed by atoms with van der Waals surface area (Å²) in [4.78, 5) is 0. The highest BCUT2D eigenvalue weighted by molar-refractivity contribution is 7.88. The molecule has 0 radical (unpaired) electrons. The van der Waals surface area contributed by atoms with Gasteiger partial charge in [0.1, 0.15) is 0 Å². The topological polar surface area (TPSA) is 37.4 Å². The van der Waals surface area contributed by atoms with Crippen LogP contribution in [0.4, 0.5) is 0 Å². The number of unbranched alkanes of at least 4 members (excludes halogenated alkanes) is 1. The normalized spacial score (nSPS) is 23.4. The van der Waals surface area contributed by atoms with Crippen LogP contribution in [0.2, 0.25) is 5.02 Å². The van der Waals surface area contributed by atoms with E-state index in [2.05, 4.69) is 38.1 Å². The lowest BCUT2D eigenvalue weighted by Gasteiger charge is -2.35. The van der Waals surface area contributed by atoms with Crippen LogP contribution in [0.25, 0.3) is 6.08 Å². The van der Waals surface area contributed by atoms with Crippen LogP contribution in [-0.4, -0.2) is 32.1 Å². The van der Waals surface area contributed by atoms with Crippen molar-refractivity contribution in [3.63, 3.8) is 0 Å². The number of sulfonamides is 1.